The molecule has 0 radical (unpaired) electrons. The summed E-state index contributed by atoms with van der Waals surface area (Å²) in [4.78, 5) is 21.9. The minimum atomic E-state index is -0.0364. The maximum Gasteiger partial charge on any atom is 0.256 e. The number of tetrazole rings is 1. The van der Waals surface area contributed by atoms with Crippen LogP contribution in [0, 0.1) is 0 Å². The van der Waals surface area contributed by atoms with Gasteiger partial charge in [0, 0.05) is 31.7 Å². The van der Waals surface area contributed by atoms with Gasteiger partial charge in [-0.05, 0) is 29.5 Å². The monoisotopic (exact) mass is 430 g/mol. The van der Waals surface area contributed by atoms with E-state index in [2.05, 4.69) is 30.6 Å². The lowest BCUT2D eigenvalue weighted by Gasteiger charge is -2.37. The maximum atomic E-state index is 13.2. The molecule has 0 bridgehead atoms. The molecule has 0 spiro atoms. The summed E-state index contributed by atoms with van der Waals surface area (Å²) in [6, 6.07) is 17.1. The highest BCUT2D eigenvalue weighted by Gasteiger charge is 2.29. The fourth-order valence-corrected chi connectivity index (χ4v) is 3.87. The number of nitrogens with zero attached hydrogens (tertiary/aromatic N) is 8. The van der Waals surface area contributed by atoms with Crippen LogP contribution in [0.5, 0.6) is 0 Å². The molecule has 1 aliphatic heterocycles. The first-order valence-electron chi connectivity index (χ1n) is 10.5. The fourth-order valence-electron chi connectivity index (χ4n) is 3.87. The zero-order valence-electron chi connectivity index (χ0n) is 17.6. The van der Waals surface area contributed by atoms with E-state index in [4.69, 9.17) is 4.52 Å². The molecule has 162 valence electrons. The van der Waals surface area contributed by atoms with E-state index in [0.717, 1.165) is 5.56 Å². The van der Waals surface area contributed by atoms with Crippen LogP contribution in [0.4, 0.5) is 0 Å². The van der Waals surface area contributed by atoms with Crippen LogP contribution in [0.25, 0.3) is 17.1 Å². The molecule has 3 heterocycles. The number of aromatic nitrogens is 6. The smallest absolute Gasteiger partial charge is 0.256 e. The van der Waals surface area contributed by atoms with Crippen molar-refractivity contribution in [1.29, 1.82) is 0 Å². The summed E-state index contributed by atoms with van der Waals surface area (Å²) >= 11 is 0. The third-order valence-corrected chi connectivity index (χ3v) is 5.71. The number of para-hydroxylation sites is 1. The zero-order valence-corrected chi connectivity index (χ0v) is 17.6. The van der Waals surface area contributed by atoms with Crippen molar-refractivity contribution in [2.75, 3.05) is 26.2 Å². The van der Waals surface area contributed by atoms with E-state index >= 15 is 0 Å². The molecule has 1 unspecified atom stereocenters. The number of carbonyl (C=O) groups is 1. The van der Waals surface area contributed by atoms with Crippen LogP contribution in [0.3, 0.4) is 0 Å². The summed E-state index contributed by atoms with van der Waals surface area (Å²) in [6.45, 7) is 4.68. The summed E-state index contributed by atoms with van der Waals surface area (Å²) < 4.78 is 7.04. The number of hydrogen-bond acceptors (Lipinski definition) is 8. The lowest BCUT2D eigenvalue weighted by Crippen LogP contribution is -2.49. The number of piperazine rings is 1. The second-order valence-electron chi connectivity index (χ2n) is 7.60. The normalized spacial score (nSPS) is 15.6. The first kappa shape index (κ1) is 20.0. The topological polar surface area (TPSA) is 106 Å². The van der Waals surface area contributed by atoms with Gasteiger partial charge in [-0.25, -0.2) is 0 Å². The third kappa shape index (κ3) is 3.87. The average Bonchev–Trinajstić information content (AvgIpc) is 3.57. The number of hydrogen-bond donors (Lipinski definition) is 0. The Kier molecular flexibility index (Phi) is 5.42. The van der Waals surface area contributed by atoms with Gasteiger partial charge in [-0.2, -0.15) is 9.67 Å². The molecular weight excluding hydrogens is 408 g/mol. The molecule has 2 aromatic heterocycles. The Morgan fingerprint density at radius 2 is 1.75 bits per heavy atom. The minimum Gasteiger partial charge on any atom is -0.337 e. The fraction of sp³-hybridized carbons (Fsp3) is 0.273. The van der Waals surface area contributed by atoms with Gasteiger partial charge in [0.1, 0.15) is 6.33 Å². The van der Waals surface area contributed by atoms with Crippen molar-refractivity contribution in [2.45, 2.75) is 13.0 Å². The van der Waals surface area contributed by atoms with Crippen LogP contribution < -0.4 is 0 Å². The van der Waals surface area contributed by atoms with Crippen molar-refractivity contribution in [3.63, 3.8) is 0 Å². The van der Waals surface area contributed by atoms with Gasteiger partial charge in [-0.15, -0.1) is 5.10 Å². The van der Waals surface area contributed by atoms with Crippen molar-refractivity contribution in [3.8, 4) is 17.1 Å². The Labute approximate surface area is 184 Å². The van der Waals surface area contributed by atoms with E-state index in [1.165, 1.54) is 11.0 Å². The minimum absolute atomic E-state index is 0.0347. The molecule has 0 aliphatic carbocycles. The molecule has 1 fully saturated rings. The molecule has 1 saturated heterocycles. The molecular formula is C22H22N8O2. The summed E-state index contributed by atoms with van der Waals surface area (Å²) in [5, 5.41) is 15.4. The Morgan fingerprint density at radius 1 is 1.00 bits per heavy atom. The number of rotatable bonds is 5. The average molecular weight is 430 g/mol. The second kappa shape index (κ2) is 8.67. The van der Waals surface area contributed by atoms with Gasteiger partial charge in [0.05, 0.1) is 17.3 Å². The third-order valence-electron chi connectivity index (χ3n) is 5.71. The van der Waals surface area contributed by atoms with Crippen molar-refractivity contribution < 1.29 is 9.32 Å². The van der Waals surface area contributed by atoms with Crippen LogP contribution >= 0.6 is 0 Å². The Morgan fingerprint density at radius 3 is 2.50 bits per heavy atom. The maximum absolute atomic E-state index is 13.2. The highest BCUT2D eigenvalue weighted by Crippen LogP contribution is 2.24. The molecule has 1 aliphatic rings. The van der Waals surface area contributed by atoms with Crippen LogP contribution in [-0.2, 0) is 0 Å². The quantitative estimate of drug-likeness (QED) is 0.475. The molecule has 1 atom stereocenters. The molecule has 0 N–H and O–H groups in total. The summed E-state index contributed by atoms with van der Waals surface area (Å²) in [7, 11) is 0. The first-order chi connectivity index (χ1) is 15.7. The van der Waals surface area contributed by atoms with E-state index in [1.54, 1.807) is 6.07 Å². The number of benzene rings is 2. The van der Waals surface area contributed by atoms with E-state index in [1.807, 2.05) is 60.4 Å². The van der Waals surface area contributed by atoms with Crippen LogP contribution in [0.15, 0.2) is 65.4 Å². The molecule has 0 saturated carbocycles. The largest absolute Gasteiger partial charge is 0.337 e. The summed E-state index contributed by atoms with van der Waals surface area (Å²) in [5.74, 6) is 1.13. The Hall–Kier alpha value is -3.92. The number of amides is 1. The van der Waals surface area contributed by atoms with Gasteiger partial charge in [-0.3, -0.25) is 9.69 Å². The Bertz CT molecular complexity index is 1180. The highest BCUT2D eigenvalue weighted by molar-refractivity contribution is 5.97. The van der Waals surface area contributed by atoms with Crippen LogP contribution in [0.2, 0.25) is 0 Å². The van der Waals surface area contributed by atoms with Crippen molar-refractivity contribution in [1.82, 2.24) is 40.1 Å². The van der Waals surface area contributed by atoms with E-state index in [9.17, 15) is 4.79 Å². The van der Waals surface area contributed by atoms with Crippen molar-refractivity contribution >= 4 is 5.91 Å². The molecule has 5 rings (SSSR count). The number of carbonyl (C=O) groups excluding carboxylic acids is 1. The van der Waals surface area contributed by atoms with Gasteiger partial charge in [0.15, 0.2) is 0 Å². The standard InChI is InChI=1S/C22H22N8O2/c1-16(21-24-20(25-32-21)17-7-3-2-4-8-17)28-11-13-29(14-12-28)22(31)18-9-5-6-10-19(18)30-15-23-26-27-30/h2-10,15-16H,11-14H2,1H3. The van der Waals surface area contributed by atoms with E-state index in [0.29, 0.717) is 49.1 Å². The van der Waals surface area contributed by atoms with Gasteiger partial charge < -0.3 is 9.42 Å². The Balaban J connectivity index is 1.25. The molecule has 1 amide bonds. The van der Waals surface area contributed by atoms with Crippen LogP contribution in [-0.4, -0.2) is 72.2 Å². The lowest BCUT2D eigenvalue weighted by molar-refractivity contribution is 0.0551. The van der Waals surface area contributed by atoms with E-state index < -0.39 is 0 Å². The van der Waals surface area contributed by atoms with Gasteiger partial charge >= 0.3 is 0 Å². The predicted octanol–water partition coefficient (Wildman–Crippen LogP) is 2.23. The van der Waals surface area contributed by atoms with Gasteiger partial charge in [0.2, 0.25) is 11.7 Å². The lowest BCUT2D eigenvalue weighted by atomic mass is 10.1. The summed E-state index contributed by atoms with van der Waals surface area (Å²) in [6.07, 6.45) is 1.49. The van der Waals surface area contributed by atoms with Gasteiger partial charge in [0.25, 0.3) is 5.91 Å². The summed E-state index contributed by atoms with van der Waals surface area (Å²) in [5.41, 5.74) is 2.16. The molecule has 10 nitrogen and oxygen atoms in total. The molecule has 10 heteroatoms. The molecule has 2 aromatic carbocycles. The van der Waals surface area contributed by atoms with Crippen molar-refractivity contribution in [3.05, 3.63) is 72.4 Å². The van der Waals surface area contributed by atoms with Crippen molar-refractivity contribution in [2.24, 2.45) is 0 Å². The zero-order chi connectivity index (χ0) is 21.9. The molecule has 4 aromatic rings. The first-order valence-corrected chi connectivity index (χ1v) is 10.5. The molecule has 32 heavy (non-hydrogen) atoms. The van der Waals surface area contributed by atoms with E-state index in [-0.39, 0.29) is 11.9 Å². The highest BCUT2D eigenvalue weighted by atomic mass is 16.5. The second-order valence-corrected chi connectivity index (χ2v) is 7.60. The van der Waals surface area contributed by atoms with Crippen LogP contribution in [0.1, 0.15) is 29.2 Å². The SMILES string of the molecule is CC(c1nc(-c2ccccc2)no1)N1CCN(C(=O)c2ccccc2-n2cnnn2)CC1. The van der Waals surface area contributed by atoms with Gasteiger partial charge in [-0.1, -0.05) is 47.6 Å². The predicted molar refractivity (Wildman–Crippen MR) is 115 cm³/mol.